The lowest BCUT2D eigenvalue weighted by molar-refractivity contribution is -0.140. The molecule has 25 heavy (non-hydrogen) atoms. The average molecular weight is 364 g/mol. The molecule has 132 valence electrons. The Morgan fingerprint density at radius 2 is 1.84 bits per heavy atom. The van der Waals surface area contributed by atoms with Crippen LogP contribution in [0.25, 0.3) is 10.1 Å². The summed E-state index contributed by atoms with van der Waals surface area (Å²) in [4.78, 5) is 39.0. The second kappa shape index (κ2) is 7.18. The van der Waals surface area contributed by atoms with E-state index in [4.69, 9.17) is 4.74 Å². The minimum absolute atomic E-state index is 0.0180. The minimum Gasteiger partial charge on any atom is -0.451 e. The molecule has 0 unspecified atom stereocenters. The van der Waals surface area contributed by atoms with E-state index < -0.39 is 11.8 Å². The largest absolute Gasteiger partial charge is 0.451 e. The number of piperazine rings is 1. The van der Waals surface area contributed by atoms with Crippen LogP contribution in [0.1, 0.15) is 16.6 Å². The van der Waals surface area contributed by atoms with Crippen LogP contribution in [0.3, 0.4) is 0 Å². The molecular weight excluding hydrogens is 347 g/mol. The highest BCUT2D eigenvalue weighted by molar-refractivity contribution is 7.20. The molecule has 1 fully saturated rings. The third-order valence-electron chi connectivity index (χ3n) is 4.11. The molecule has 3 rings (SSSR count). The van der Waals surface area contributed by atoms with Crippen LogP contribution in [0.4, 0.5) is 4.39 Å². The van der Waals surface area contributed by atoms with E-state index in [-0.39, 0.29) is 23.3 Å². The number of esters is 1. The quantitative estimate of drug-likeness (QED) is 0.780. The summed E-state index contributed by atoms with van der Waals surface area (Å²) >= 11 is 1.13. The van der Waals surface area contributed by atoms with Gasteiger partial charge in [-0.2, -0.15) is 0 Å². The third-order valence-corrected chi connectivity index (χ3v) is 5.19. The summed E-state index contributed by atoms with van der Waals surface area (Å²) in [6, 6.07) is 6.06. The highest BCUT2D eigenvalue weighted by Crippen LogP contribution is 2.28. The zero-order valence-electron chi connectivity index (χ0n) is 13.7. The number of rotatable bonds is 3. The summed E-state index contributed by atoms with van der Waals surface area (Å²) < 4.78 is 19.4. The number of amides is 2. The van der Waals surface area contributed by atoms with Crippen molar-refractivity contribution in [3.8, 4) is 0 Å². The first-order valence-electron chi connectivity index (χ1n) is 7.84. The van der Waals surface area contributed by atoms with E-state index in [1.165, 1.54) is 19.1 Å². The molecule has 0 atom stereocenters. The topological polar surface area (TPSA) is 66.9 Å². The van der Waals surface area contributed by atoms with Crippen molar-refractivity contribution in [2.24, 2.45) is 0 Å². The molecule has 8 heteroatoms. The normalized spacial score (nSPS) is 14.6. The van der Waals surface area contributed by atoms with Crippen molar-refractivity contribution < 1.29 is 23.5 Å². The Kier molecular flexibility index (Phi) is 4.98. The number of hydrogen-bond acceptors (Lipinski definition) is 5. The van der Waals surface area contributed by atoms with Crippen LogP contribution >= 0.6 is 11.3 Å². The van der Waals surface area contributed by atoms with Crippen LogP contribution in [0.5, 0.6) is 0 Å². The molecule has 0 N–H and O–H groups in total. The fourth-order valence-corrected chi connectivity index (χ4v) is 3.66. The molecule has 2 amide bonds. The molecule has 1 saturated heterocycles. The highest BCUT2D eigenvalue weighted by atomic mass is 32.1. The number of fused-ring (bicyclic) bond motifs is 1. The lowest BCUT2D eigenvalue weighted by Gasteiger charge is -2.34. The van der Waals surface area contributed by atoms with Crippen molar-refractivity contribution in [3.63, 3.8) is 0 Å². The van der Waals surface area contributed by atoms with Crippen LogP contribution in [0.2, 0.25) is 0 Å². The number of thiophene rings is 1. The van der Waals surface area contributed by atoms with Crippen molar-refractivity contribution >= 4 is 39.2 Å². The molecule has 0 bridgehead atoms. The molecule has 1 aliphatic heterocycles. The predicted octanol–water partition coefficient (Wildman–Crippen LogP) is 1.89. The Labute approximate surface area is 147 Å². The van der Waals surface area contributed by atoms with Gasteiger partial charge >= 0.3 is 5.97 Å². The number of halogens is 1. The minimum atomic E-state index is -0.642. The maximum Gasteiger partial charge on any atom is 0.348 e. The predicted molar refractivity (Wildman–Crippen MR) is 90.9 cm³/mol. The molecule has 1 aromatic heterocycles. The van der Waals surface area contributed by atoms with Crippen molar-refractivity contribution in [3.05, 3.63) is 35.0 Å². The second-order valence-corrected chi connectivity index (χ2v) is 6.81. The highest BCUT2D eigenvalue weighted by Gasteiger charge is 2.23. The summed E-state index contributed by atoms with van der Waals surface area (Å²) in [5.41, 5.74) is 0. The molecule has 0 aliphatic carbocycles. The van der Waals surface area contributed by atoms with E-state index in [1.54, 1.807) is 21.9 Å². The molecular formula is C17H17FN2O4S. The van der Waals surface area contributed by atoms with Crippen molar-refractivity contribution in [2.75, 3.05) is 32.8 Å². The van der Waals surface area contributed by atoms with E-state index in [1.807, 2.05) is 0 Å². The van der Waals surface area contributed by atoms with Crippen LogP contribution in [0, 0.1) is 5.82 Å². The Morgan fingerprint density at radius 3 is 2.48 bits per heavy atom. The van der Waals surface area contributed by atoms with Gasteiger partial charge in [0.25, 0.3) is 5.91 Å². The lowest BCUT2D eigenvalue weighted by Crippen LogP contribution is -2.51. The van der Waals surface area contributed by atoms with Crippen molar-refractivity contribution in [1.29, 1.82) is 0 Å². The molecule has 1 aliphatic rings. The summed E-state index contributed by atoms with van der Waals surface area (Å²) in [6.45, 7) is 2.92. The third kappa shape index (κ3) is 3.79. The summed E-state index contributed by atoms with van der Waals surface area (Å²) in [6.07, 6.45) is 0. The second-order valence-electron chi connectivity index (χ2n) is 5.73. The van der Waals surface area contributed by atoms with Crippen LogP contribution in [0.15, 0.2) is 24.3 Å². The van der Waals surface area contributed by atoms with Gasteiger partial charge in [0, 0.05) is 43.2 Å². The standard InChI is InChI=1S/C17H17FN2O4S/c1-11(21)19-5-7-20(8-6-19)16(22)10-24-17(23)15-9-12-13(18)3-2-4-14(12)25-15/h2-4,9H,5-8,10H2,1H3. The van der Waals surface area contributed by atoms with Gasteiger partial charge < -0.3 is 14.5 Å². The van der Waals surface area contributed by atoms with Gasteiger partial charge in [-0.25, -0.2) is 9.18 Å². The van der Waals surface area contributed by atoms with Gasteiger partial charge in [-0.15, -0.1) is 11.3 Å². The van der Waals surface area contributed by atoms with Crippen molar-refractivity contribution in [1.82, 2.24) is 9.80 Å². The molecule has 6 nitrogen and oxygen atoms in total. The SMILES string of the molecule is CC(=O)N1CCN(C(=O)COC(=O)c2cc3c(F)cccc3s2)CC1. The molecule has 2 aromatic rings. The summed E-state index contributed by atoms with van der Waals surface area (Å²) in [5, 5.41) is 0.367. The fourth-order valence-electron chi connectivity index (χ4n) is 2.69. The van der Waals surface area contributed by atoms with E-state index in [0.29, 0.717) is 36.3 Å². The monoisotopic (exact) mass is 364 g/mol. The molecule has 0 spiro atoms. The van der Waals surface area contributed by atoms with E-state index in [2.05, 4.69) is 0 Å². The van der Waals surface area contributed by atoms with Gasteiger partial charge in [0.1, 0.15) is 10.7 Å². The van der Waals surface area contributed by atoms with Gasteiger partial charge in [0.2, 0.25) is 5.91 Å². The van der Waals surface area contributed by atoms with Crippen LogP contribution in [-0.4, -0.2) is 60.4 Å². The van der Waals surface area contributed by atoms with Gasteiger partial charge in [0.05, 0.1) is 0 Å². The van der Waals surface area contributed by atoms with E-state index in [9.17, 15) is 18.8 Å². The number of nitrogens with zero attached hydrogens (tertiary/aromatic N) is 2. The number of carbonyl (C=O) groups excluding carboxylic acids is 3. The number of benzene rings is 1. The number of hydrogen-bond donors (Lipinski definition) is 0. The fraction of sp³-hybridized carbons (Fsp3) is 0.353. The smallest absolute Gasteiger partial charge is 0.348 e. The van der Waals surface area contributed by atoms with E-state index >= 15 is 0 Å². The van der Waals surface area contributed by atoms with Crippen LogP contribution in [-0.2, 0) is 14.3 Å². The first kappa shape index (κ1) is 17.3. The van der Waals surface area contributed by atoms with Crippen LogP contribution < -0.4 is 0 Å². The molecule has 1 aromatic carbocycles. The molecule has 2 heterocycles. The van der Waals surface area contributed by atoms with Gasteiger partial charge in [-0.1, -0.05) is 6.07 Å². The Hall–Kier alpha value is -2.48. The number of ether oxygens (including phenoxy) is 1. The lowest BCUT2D eigenvalue weighted by atomic mass is 10.2. The maximum absolute atomic E-state index is 13.7. The first-order chi connectivity index (χ1) is 12.0. The first-order valence-corrected chi connectivity index (χ1v) is 8.66. The average Bonchev–Trinajstić information content (AvgIpc) is 3.05. The Bertz CT molecular complexity index is 827. The molecule has 0 radical (unpaired) electrons. The van der Waals surface area contributed by atoms with Gasteiger partial charge in [-0.3, -0.25) is 9.59 Å². The van der Waals surface area contributed by atoms with Gasteiger partial charge in [0.15, 0.2) is 6.61 Å². The maximum atomic E-state index is 13.7. The zero-order valence-corrected chi connectivity index (χ0v) is 14.5. The number of carbonyl (C=O) groups is 3. The summed E-state index contributed by atoms with van der Waals surface area (Å²) in [7, 11) is 0. The Balaban J connectivity index is 1.55. The molecule has 0 saturated carbocycles. The van der Waals surface area contributed by atoms with E-state index in [0.717, 1.165) is 11.3 Å². The Morgan fingerprint density at radius 1 is 1.16 bits per heavy atom. The zero-order chi connectivity index (χ0) is 18.0. The van der Waals surface area contributed by atoms with Crippen molar-refractivity contribution in [2.45, 2.75) is 6.92 Å². The van der Waals surface area contributed by atoms with Gasteiger partial charge in [-0.05, 0) is 18.2 Å². The summed E-state index contributed by atoms with van der Waals surface area (Å²) in [5.74, 6) is -1.36.